The van der Waals surface area contributed by atoms with E-state index in [4.69, 9.17) is 5.26 Å². The summed E-state index contributed by atoms with van der Waals surface area (Å²) in [7, 11) is 0. The highest BCUT2D eigenvalue weighted by Gasteiger charge is 2.19. The summed E-state index contributed by atoms with van der Waals surface area (Å²) in [5.41, 5.74) is 3.61. The van der Waals surface area contributed by atoms with Crippen molar-refractivity contribution in [3.8, 4) is 6.07 Å². The van der Waals surface area contributed by atoms with Crippen LogP contribution >= 0.6 is 0 Å². The fourth-order valence-corrected chi connectivity index (χ4v) is 3.76. The number of aryl methyl sites for hydroxylation is 1. The maximum Gasteiger partial charge on any atom is 0.278 e. The van der Waals surface area contributed by atoms with Crippen LogP contribution in [0.25, 0.3) is 10.9 Å². The van der Waals surface area contributed by atoms with Crippen molar-refractivity contribution in [2.24, 2.45) is 0 Å². The Labute approximate surface area is 186 Å². The molecule has 0 fully saturated rings. The van der Waals surface area contributed by atoms with E-state index in [0.29, 0.717) is 27.9 Å². The fraction of sp³-hybridized carbons (Fsp3) is 0.154. The molecule has 0 aliphatic carbocycles. The normalized spacial score (nSPS) is 11.7. The van der Waals surface area contributed by atoms with Crippen molar-refractivity contribution in [3.63, 3.8) is 0 Å². The van der Waals surface area contributed by atoms with E-state index in [0.717, 1.165) is 17.4 Å². The molecule has 4 rings (SSSR count). The van der Waals surface area contributed by atoms with Crippen LogP contribution in [-0.2, 0) is 0 Å². The molecule has 158 valence electrons. The molecule has 0 radical (unpaired) electrons. The summed E-state index contributed by atoms with van der Waals surface area (Å²) in [5, 5.41) is 17.3. The Bertz CT molecular complexity index is 1350. The summed E-state index contributed by atoms with van der Waals surface area (Å²) < 4.78 is 1.32. The topological polar surface area (TPSA) is 87.8 Å². The highest BCUT2D eigenvalue weighted by atomic mass is 16.2. The van der Waals surface area contributed by atoms with Crippen LogP contribution in [0.1, 0.15) is 56.9 Å². The molecule has 1 aromatic heterocycles. The van der Waals surface area contributed by atoms with E-state index in [2.05, 4.69) is 10.4 Å². The minimum absolute atomic E-state index is 0.0859. The van der Waals surface area contributed by atoms with Crippen molar-refractivity contribution >= 4 is 22.7 Å². The van der Waals surface area contributed by atoms with E-state index in [1.165, 1.54) is 4.68 Å². The van der Waals surface area contributed by atoms with Gasteiger partial charge in [0.15, 0.2) is 0 Å². The molecular weight excluding hydrogens is 400 g/mol. The molecule has 0 bridgehead atoms. The third-order valence-electron chi connectivity index (χ3n) is 5.47. The van der Waals surface area contributed by atoms with E-state index in [-0.39, 0.29) is 17.9 Å². The number of carbonyl (C=O) groups excluding carboxylic acids is 2. The van der Waals surface area contributed by atoms with Crippen LogP contribution in [0, 0.1) is 18.3 Å². The lowest BCUT2D eigenvalue weighted by atomic mass is 10.0. The van der Waals surface area contributed by atoms with Crippen LogP contribution < -0.4 is 5.32 Å². The zero-order valence-electron chi connectivity index (χ0n) is 17.9. The molecule has 1 heterocycles. The Morgan fingerprint density at radius 1 is 1.03 bits per heavy atom. The molecule has 3 aromatic carbocycles. The highest BCUT2D eigenvalue weighted by Crippen LogP contribution is 2.23. The standard InChI is InChI=1S/C26H22N4O2/c1-3-23(19-9-5-4-6-10-19)28-25(31)20-12-13-24-22(15-20)17(2)29-30(24)26(32)21-11-7-8-18(14-21)16-27/h4-15,23H,3H2,1-2H3,(H,28,31). The van der Waals surface area contributed by atoms with Gasteiger partial charge in [-0.2, -0.15) is 15.0 Å². The zero-order valence-corrected chi connectivity index (χ0v) is 17.9. The summed E-state index contributed by atoms with van der Waals surface area (Å²) in [4.78, 5) is 26.0. The van der Waals surface area contributed by atoms with Crippen LogP contribution in [-0.4, -0.2) is 21.6 Å². The Kier molecular flexibility index (Phi) is 5.82. The van der Waals surface area contributed by atoms with E-state index < -0.39 is 0 Å². The third-order valence-corrected chi connectivity index (χ3v) is 5.47. The second-order valence-electron chi connectivity index (χ2n) is 7.57. The van der Waals surface area contributed by atoms with E-state index in [1.54, 1.807) is 49.4 Å². The maximum atomic E-state index is 13.0. The first-order valence-corrected chi connectivity index (χ1v) is 10.4. The molecule has 1 atom stereocenters. The molecule has 0 aliphatic rings. The maximum absolute atomic E-state index is 13.0. The van der Waals surface area contributed by atoms with Crippen LogP contribution in [0.2, 0.25) is 0 Å². The van der Waals surface area contributed by atoms with Gasteiger partial charge in [0, 0.05) is 16.5 Å². The van der Waals surface area contributed by atoms with Crippen LogP contribution in [0.15, 0.2) is 72.8 Å². The molecule has 6 heteroatoms. The molecule has 32 heavy (non-hydrogen) atoms. The summed E-state index contributed by atoms with van der Waals surface area (Å²) in [6.07, 6.45) is 0.769. The molecule has 0 saturated heterocycles. The molecule has 0 spiro atoms. The first-order valence-electron chi connectivity index (χ1n) is 10.4. The van der Waals surface area contributed by atoms with Gasteiger partial charge in [-0.3, -0.25) is 9.59 Å². The van der Waals surface area contributed by atoms with Crippen molar-refractivity contribution in [2.45, 2.75) is 26.3 Å². The van der Waals surface area contributed by atoms with Crippen molar-refractivity contribution in [3.05, 3.63) is 101 Å². The van der Waals surface area contributed by atoms with Gasteiger partial charge in [-0.1, -0.05) is 43.3 Å². The van der Waals surface area contributed by atoms with Crippen LogP contribution in [0.4, 0.5) is 0 Å². The predicted molar refractivity (Wildman–Crippen MR) is 122 cm³/mol. The van der Waals surface area contributed by atoms with E-state index in [1.807, 2.05) is 43.3 Å². The first kappa shape index (κ1) is 21.0. The lowest BCUT2D eigenvalue weighted by Crippen LogP contribution is -2.28. The van der Waals surface area contributed by atoms with E-state index >= 15 is 0 Å². The number of amides is 1. The van der Waals surface area contributed by atoms with Crippen molar-refractivity contribution in [1.82, 2.24) is 15.1 Å². The summed E-state index contributed by atoms with van der Waals surface area (Å²) in [6, 6.07) is 23.5. The second-order valence-corrected chi connectivity index (χ2v) is 7.57. The van der Waals surface area contributed by atoms with Gasteiger partial charge in [-0.05, 0) is 55.3 Å². The lowest BCUT2D eigenvalue weighted by molar-refractivity contribution is 0.0933. The van der Waals surface area contributed by atoms with Crippen molar-refractivity contribution in [1.29, 1.82) is 5.26 Å². The molecule has 1 amide bonds. The summed E-state index contributed by atoms with van der Waals surface area (Å²) in [6.45, 7) is 3.83. The van der Waals surface area contributed by atoms with Crippen LogP contribution in [0.3, 0.4) is 0 Å². The molecule has 1 unspecified atom stereocenters. The van der Waals surface area contributed by atoms with Gasteiger partial charge in [0.2, 0.25) is 0 Å². The van der Waals surface area contributed by atoms with Gasteiger partial charge >= 0.3 is 0 Å². The molecule has 4 aromatic rings. The lowest BCUT2D eigenvalue weighted by Gasteiger charge is -2.17. The SMILES string of the molecule is CCC(NC(=O)c1ccc2c(c1)c(C)nn2C(=O)c1cccc(C#N)c1)c1ccccc1. The number of carbonyl (C=O) groups is 2. The molecule has 1 N–H and O–H groups in total. The molecule has 6 nitrogen and oxygen atoms in total. The Balaban J connectivity index is 1.64. The van der Waals surface area contributed by atoms with E-state index in [9.17, 15) is 9.59 Å². The Hall–Kier alpha value is -4.24. The quantitative estimate of drug-likeness (QED) is 0.501. The number of hydrogen-bond donors (Lipinski definition) is 1. The van der Waals surface area contributed by atoms with Gasteiger partial charge in [0.05, 0.1) is 28.9 Å². The zero-order chi connectivity index (χ0) is 22.7. The molecule has 0 aliphatic heterocycles. The minimum atomic E-state index is -0.326. The van der Waals surface area contributed by atoms with Gasteiger partial charge in [-0.15, -0.1) is 0 Å². The van der Waals surface area contributed by atoms with Gasteiger partial charge in [0.25, 0.3) is 11.8 Å². The monoisotopic (exact) mass is 422 g/mol. The fourth-order valence-electron chi connectivity index (χ4n) is 3.76. The number of benzene rings is 3. The molecule has 0 saturated carbocycles. The number of nitrogens with zero attached hydrogens (tertiary/aromatic N) is 3. The number of nitrogens with one attached hydrogen (secondary N) is 1. The first-order chi connectivity index (χ1) is 15.5. The number of fused-ring (bicyclic) bond motifs is 1. The van der Waals surface area contributed by atoms with Crippen molar-refractivity contribution in [2.75, 3.05) is 0 Å². The largest absolute Gasteiger partial charge is 0.345 e. The number of hydrogen-bond acceptors (Lipinski definition) is 4. The Morgan fingerprint density at radius 3 is 2.53 bits per heavy atom. The third kappa shape index (κ3) is 4.01. The van der Waals surface area contributed by atoms with Crippen LogP contribution in [0.5, 0.6) is 0 Å². The Morgan fingerprint density at radius 2 is 1.81 bits per heavy atom. The van der Waals surface area contributed by atoms with Gasteiger partial charge in [-0.25, -0.2) is 0 Å². The minimum Gasteiger partial charge on any atom is -0.345 e. The predicted octanol–water partition coefficient (Wildman–Crippen LogP) is 4.79. The smallest absolute Gasteiger partial charge is 0.278 e. The highest BCUT2D eigenvalue weighted by molar-refractivity contribution is 6.04. The number of nitriles is 1. The molecular formula is C26H22N4O2. The average molecular weight is 422 g/mol. The average Bonchev–Trinajstić information content (AvgIpc) is 3.18. The number of aromatic nitrogens is 2. The number of rotatable bonds is 5. The summed E-state index contributed by atoms with van der Waals surface area (Å²) >= 11 is 0. The van der Waals surface area contributed by atoms with Crippen molar-refractivity contribution < 1.29 is 9.59 Å². The second kappa shape index (κ2) is 8.86. The summed E-state index contributed by atoms with van der Waals surface area (Å²) in [5.74, 6) is -0.504. The van der Waals surface area contributed by atoms with Gasteiger partial charge < -0.3 is 5.32 Å². The van der Waals surface area contributed by atoms with Gasteiger partial charge in [0.1, 0.15) is 0 Å².